The average Bonchev–Trinajstić information content (AvgIpc) is 2.83. The Morgan fingerprint density at radius 2 is 1.70 bits per heavy atom. The number of nitro groups is 1. The Kier molecular flexibility index (Phi) is 6.07. The molecule has 1 atom stereocenters. The molecular formula is C23H20N6O4. The highest BCUT2D eigenvalue weighted by Crippen LogP contribution is 2.37. The number of non-ortho nitro benzene ring substituents is 1. The van der Waals surface area contributed by atoms with Crippen LogP contribution in [0.1, 0.15) is 17.2 Å². The molecule has 0 bridgehead atoms. The zero-order valence-corrected chi connectivity index (χ0v) is 17.9. The monoisotopic (exact) mass is 444 g/mol. The molecule has 0 spiro atoms. The lowest BCUT2D eigenvalue weighted by molar-refractivity contribution is -0.384. The van der Waals surface area contributed by atoms with E-state index in [1.54, 1.807) is 57.0 Å². The number of nitrogens with zero attached hydrogens (tertiary/aromatic N) is 5. The van der Waals surface area contributed by atoms with Gasteiger partial charge in [-0.3, -0.25) is 15.1 Å². The molecule has 1 amide bonds. The quantitative estimate of drug-likeness (QED) is 0.347. The van der Waals surface area contributed by atoms with E-state index in [0.717, 1.165) is 5.39 Å². The fourth-order valence-corrected chi connectivity index (χ4v) is 3.28. The lowest BCUT2D eigenvalue weighted by atomic mass is 9.96. The van der Waals surface area contributed by atoms with Crippen molar-refractivity contribution < 1.29 is 14.5 Å². The van der Waals surface area contributed by atoms with E-state index in [2.05, 4.69) is 20.3 Å². The predicted molar refractivity (Wildman–Crippen MR) is 122 cm³/mol. The van der Waals surface area contributed by atoms with Gasteiger partial charge in [-0.25, -0.2) is 14.8 Å². The van der Waals surface area contributed by atoms with Crippen LogP contribution >= 0.6 is 0 Å². The van der Waals surface area contributed by atoms with Crippen LogP contribution in [0.15, 0.2) is 73.2 Å². The van der Waals surface area contributed by atoms with Crippen molar-refractivity contribution in [2.75, 3.05) is 19.4 Å². The van der Waals surface area contributed by atoms with Crippen LogP contribution < -0.4 is 10.1 Å². The zero-order chi connectivity index (χ0) is 23.4. The van der Waals surface area contributed by atoms with Crippen molar-refractivity contribution in [3.63, 3.8) is 0 Å². The second kappa shape index (κ2) is 9.27. The largest absolute Gasteiger partial charge is 0.414 e. The summed E-state index contributed by atoms with van der Waals surface area (Å²) >= 11 is 0. The maximum atomic E-state index is 12.5. The number of aromatic nitrogens is 3. The van der Waals surface area contributed by atoms with Gasteiger partial charge >= 0.3 is 6.09 Å². The highest BCUT2D eigenvalue weighted by atomic mass is 16.6. The Hall–Kier alpha value is -4.60. The summed E-state index contributed by atoms with van der Waals surface area (Å²) in [6.45, 7) is 0. The molecule has 1 unspecified atom stereocenters. The minimum absolute atomic E-state index is 0.0344. The fraction of sp³-hybridized carbons (Fsp3) is 0.130. The molecule has 33 heavy (non-hydrogen) atoms. The number of amides is 1. The number of benzene rings is 2. The molecule has 4 aromatic rings. The van der Waals surface area contributed by atoms with Crippen molar-refractivity contribution in [1.82, 2.24) is 19.9 Å². The molecular weight excluding hydrogens is 424 g/mol. The third kappa shape index (κ3) is 4.69. The molecule has 4 rings (SSSR count). The number of nitrogens with one attached hydrogen (secondary N) is 1. The van der Waals surface area contributed by atoms with Gasteiger partial charge in [-0.15, -0.1) is 0 Å². The minimum atomic E-state index is -0.593. The number of carbonyl (C=O) groups is 1. The number of rotatable bonds is 6. The Balaban J connectivity index is 1.89. The Morgan fingerprint density at radius 3 is 2.36 bits per heavy atom. The minimum Gasteiger partial charge on any atom is -0.407 e. The molecule has 0 saturated heterocycles. The van der Waals surface area contributed by atoms with Crippen LogP contribution in [0.2, 0.25) is 0 Å². The molecule has 0 fully saturated rings. The summed E-state index contributed by atoms with van der Waals surface area (Å²) < 4.78 is 5.76. The predicted octanol–water partition coefficient (Wildman–Crippen LogP) is 4.19. The number of ether oxygens (including phenoxy) is 1. The molecule has 2 aromatic carbocycles. The highest BCUT2D eigenvalue weighted by Gasteiger charge is 2.24. The van der Waals surface area contributed by atoms with Crippen LogP contribution in [0.5, 0.6) is 5.75 Å². The average molecular weight is 444 g/mol. The van der Waals surface area contributed by atoms with E-state index in [-0.39, 0.29) is 11.4 Å². The van der Waals surface area contributed by atoms with Crippen molar-refractivity contribution >= 4 is 28.6 Å². The van der Waals surface area contributed by atoms with Gasteiger partial charge in [-0.2, -0.15) is 0 Å². The van der Waals surface area contributed by atoms with E-state index >= 15 is 0 Å². The summed E-state index contributed by atoms with van der Waals surface area (Å²) in [6, 6.07) is 14.6. The fourth-order valence-electron chi connectivity index (χ4n) is 3.28. The lowest BCUT2D eigenvalue weighted by Crippen LogP contribution is -2.26. The number of anilines is 1. The van der Waals surface area contributed by atoms with Crippen LogP contribution in [0, 0.1) is 10.1 Å². The smallest absolute Gasteiger partial charge is 0.407 e. The van der Waals surface area contributed by atoms with Crippen LogP contribution in [0.4, 0.5) is 16.4 Å². The summed E-state index contributed by atoms with van der Waals surface area (Å²) in [5.74, 6) is 0.616. The standard InChI is InChI=1S/C23H20N6O4/c1-28(2)23(30)33-21-18(11-8-15-5-3-12-24-20(15)21)19(27-22-25-13-4-14-26-22)16-6-9-17(10-7-16)29(31)32/h3-14,19H,1-2H3,(H,25,26,27). The van der Waals surface area contributed by atoms with E-state index in [1.165, 1.54) is 17.0 Å². The Morgan fingerprint density at radius 1 is 1.00 bits per heavy atom. The van der Waals surface area contributed by atoms with Gasteiger partial charge in [0.15, 0.2) is 5.75 Å². The van der Waals surface area contributed by atoms with E-state index < -0.39 is 17.1 Å². The van der Waals surface area contributed by atoms with Gasteiger partial charge in [0.2, 0.25) is 5.95 Å². The summed E-state index contributed by atoms with van der Waals surface area (Å²) in [6.07, 6.45) is 4.25. The third-order valence-electron chi connectivity index (χ3n) is 4.90. The lowest BCUT2D eigenvalue weighted by Gasteiger charge is -2.23. The van der Waals surface area contributed by atoms with Crippen LogP contribution in [-0.4, -0.2) is 45.0 Å². The number of hydrogen-bond acceptors (Lipinski definition) is 8. The first-order valence-electron chi connectivity index (χ1n) is 9.98. The molecule has 2 heterocycles. The van der Waals surface area contributed by atoms with Gasteiger partial charge in [-0.05, 0) is 29.8 Å². The van der Waals surface area contributed by atoms with E-state index in [4.69, 9.17) is 4.74 Å². The molecule has 2 aromatic heterocycles. The number of nitro benzene ring substituents is 1. The topological polar surface area (TPSA) is 123 Å². The summed E-state index contributed by atoms with van der Waals surface area (Å²) in [5.41, 5.74) is 1.75. The highest BCUT2D eigenvalue weighted by molar-refractivity contribution is 5.88. The molecule has 10 nitrogen and oxygen atoms in total. The summed E-state index contributed by atoms with van der Waals surface area (Å²) in [4.78, 5) is 37.4. The summed E-state index contributed by atoms with van der Waals surface area (Å²) in [7, 11) is 3.18. The number of fused-ring (bicyclic) bond motifs is 1. The summed E-state index contributed by atoms with van der Waals surface area (Å²) in [5, 5.41) is 15.2. The van der Waals surface area contributed by atoms with Gasteiger partial charge < -0.3 is 15.0 Å². The SMILES string of the molecule is CN(C)C(=O)Oc1c(C(Nc2ncccn2)c2ccc([N+](=O)[O-])cc2)ccc2cccnc12. The van der Waals surface area contributed by atoms with Crippen molar-refractivity contribution in [3.8, 4) is 5.75 Å². The first-order chi connectivity index (χ1) is 15.9. The van der Waals surface area contributed by atoms with Crippen molar-refractivity contribution in [2.24, 2.45) is 0 Å². The Bertz CT molecular complexity index is 1300. The zero-order valence-electron chi connectivity index (χ0n) is 17.9. The third-order valence-corrected chi connectivity index (χ3v) is 4.90. The van der Waals surface area contributed by atoms with E-state index in [9.17, 15) is 14.9 Å². The van der Waals surface area contributed by atoms with Crippen molar-refractivity contribution in [1.29, 1.82) is 0 Å². The van der Waals surface area contributed by atoms with Gasteiger partial charge in [0.25, 0.3) is 5.69 Å². The van der Waals surface area contributed by atoms with Gasteiger partial charge in [-0.1, -0.05) is 18.2 Å². The van der Waals surface area contributed by atoms with Gasteiger partial charge in [0, 0.05) is 55.8 Å². The maximum Gasteiger partial charge on any atom is 0.414 e. The number of hydrogen-bond donors (Lipinski definition) is 1. The molecule has 0 radical (unpaired) electrons. The maximum absolute atomic E-state index is 12.5. The first kappa shape index (κ1) is 21.6. The van der Waals surface area contributed by atoms with Crippen LogP contribution in [0.25, 0.3) is 10.9 Å². The molecule has 0 aliphatic rings. The first-order valence-corrected chi connectivity index (χ1v) is 9.98. The second-order valence-electron chi connectivity index (χ2n) is 7.32. The van der Waals surface area contributed by atoms with E-state index in [0.29, 0.717) is 22.6 Å². The van der Waals surface area contributed by atoms with Crippen molar-refractivity contribution in [3.05, 3.63) is 94.4 Å². The molecule has 0 aliphatic carbocycles. The number of pyridine rings is 1. The van der Waals surface area contributed by atoms with Crippen molar-refractivity contribution in [2.45, 2.75) is 6.04 Å². The number of carbonyl (C=O) groups excluding carboxylic acids is 1. The molecule has 10 heteroatoms. The second-order valence-corrected chi connectivity index (χ2v) is 7.32. The Labute approximate surface area is 189 Å². The van der Waals surface area contributed by atoms with Gasteiger partial charge in [0.05, 0.1) is 11.0 Å². The normalized spacial score (nSPS) is 11.6. The van der Waals surface area contributed by atoms with Gasteiger partial charge in [0.1, 0.15) is 5.52 Å². The molecule has 0 saturated carbocycles. The molecule has 0 aliphatic heterocycles. The molecule has 1 N–H and O–H groups in total. The molecule has 166 valence electrons. The van der Waals surface area contributed by atoms with Crippen LogP contribution in [0.3, 0.4) is 0 Å². The van der Waals surface area contributed by atoms with Crippen LogP contribution in [-0.2, 0) is 0 Å². The van der Waals surface area contributed by atoms with E-state index in [1.807, 2.05) is 18.2 Å².